The Bertz CT molecular complexity index is 928. The number of hydrogen-bond donors (Lipinski definition) is 0. The van der Waals surface area contributed by atoms with Crippen molar-refractivity contribution in [2.45, 2.75) is 129 Å². The van der Waals surface area contributed by atoms with Gasteiger partial charge in [0.2, 0.25) is 5.82 Å². The summed E-state index contributed by atoms with van der Waals surface area (Å²) in [6, 6.07) is 3.38. The minimum atomic E-state index is -0.815. The summed E-state index contributed by atoms with van der Waals surface area (Å²) in [6.45, 7) is 5.24. The summed E-state index contributed by atoms with van der Waals surface area (Å²) in [5, 5.41) is 0. The molecule has 0 spiro atoms. The molecule has 4 fully saturated rings. The van der Waals surface area contributed by atoms with Crippen molar-refractivity contribution in [3.63, 3.8) is 0 Å². The quantitative estimate of drug-likeness (QED) is 0.282. The van der Waals surface area contributed by atoms with Crippen LogP contribution in [0.2, 0.25) is 0 Å². The summed E-state index contributed by atoms with van der Waals surface area (Å²) >= 11 is 0. The van der Waals surface area contributed by atoms with E-state index >= 15 is 0 Å². The average Bonchev–Trinajstić information content (AvgIpc) is 3.01. The molecule has 3 aliphatic carbocycles. The Morgan fingerprint density at radius 1 is 0.750 bits per heavy atom. The Hall–Kier alpha value is -1.42. The molecule has 3 saturated carbocycles. The van der Waals surface area contributed by atoms with E-state index < -0.39 is 11.6 Å². The van der Waals surface area contributed by atoms with Gasteiger partial charge in [-0.1, -0.05) is 18.2 Å². The summed E-state index contributed by atoms with van der Waals surface area (Å²) < 4.78 is 40.9. The van der Waals surface area contributed by atoms with Crippen molar-refractivity contribution in [3.8, 4) is 5.75 Å². The monoisotopic (exact) mass is 556 g/mol. The van der Waals surface area contributed by atoms with Gasteiger partial charge in [0.1, 0.15) is 0 Å². The molecule has 0 bridgehead atoms. The van der Waals surface area contributed by atoms with Crippen molar-refractivity contribution < 1.29 is 18.3 Å². The minimum absolute atomic E-state index is 0.0364. The van der Waals surface area contributed by atoms with E-state index in [1.165, 1.54) is 77.0 Å². The molecule has 0 aromatic heterocycles. The molecule has 2 atom stereocenters. The van der Waals surface area contributed by atoms with Crippen LogP contribution in [0, 0.1) is 47.1 Å². The Kier molecular flexibility index (Phi) is 11.0. The molecular weight excluding hydrogens is 502 g/mol. The van der Waals surface area contributed by atoms with Gasteiger partial charge in [0, 0.05) is 6.61 Å². The molecule has 0 N–H and O–H groups in total. The number of ether oxygens (including phenoxy) is 2. The third kappa shape index (κ3) is 7.31. The first-order valence-electron chi connectivity index (χ1n) is 16.9. The van der Waals surface area contributed by atoms with Crippen LogP contribution in [0.5, 0.6) is 5.75 Å². The van der Waals surface area contributed by atoms with E-state index in [0.29, 0.717) is 18.3 Å². The zero-order valence-electron chi connectivity index (χ0n) is 25.2. The van der Waals surface area contributed by atoms with Gasteiger partial charge >= 0.3 is 0 Å². The van der Waals surface area contributed by atoms with Gasteiger partial charge < -0.3 is 9.47 Å². The standard InChI is InChI=1S/C36H54F2O2/c1-3-5-6-7-25-8-22-33(40-24-25)31-19-15-29(16-20-31)27-11-9-26(10-12-27)28-13-17-30(18-14-28)32-21-23-34(39-4-2)36(38)35(32)37/h3,5,21,23,25-31,33H,4,6-20,22,24H2,1-2H3/b5-3+. The molecule has 1 aromatic carbocycles. The summed E-state index contributed by atoms with van der Waals surface area (Å²) in [4.78, 5) is 0. The lowest BCUT2D eigenvalue weighted by atomic mass is 9.64. The molecule has 4 heteroatoms. The summed E-state index contributed by atoms with van der Waals surface area (Å²) in [7, 11) is 0. The SMILES string of the molecule is C/C=C/CCC1CCC(C2CCC(C3CCC(C4CCC(c5ccc(OCC)c(F)c5F)CC4)CC3)CC2)OC1. The van der Waals surface area contributed by atoms with Crippen LogP contribution in [0.1, 0.15) is 128 Å². The predicted octanol–water partition coefficient (Wildman–Crippen LogP) is 10.4. The van der Waals surface area contributed by atoms with Gasteiger partial charge in [-0.15, -0.1) is 0 Å². The second-order valence-corrected chi connectivity index (χ2v) is 13.6. The highest BCUT2D eigenvalue weighted by Gasteiger charge is 2.37. The molecule has 1 aromatic rings. The van der Waals surface area contributed by atoms with E-state index in [1.807, 2.05) is 0 Å². The van der Waals surface area contributed by atoms with Gasteiger partial charge in [-0.05, 0) is 170 Å². The molecule has 4 aliphatic rings. The Morgan fingerprint density at radius 3 is 1.85 bits per heavy atom. The fourth-order valence-electron chi connectivity index (χ4n) is 9.03. The lowest BCUT2D eigenvalue weighted by molar-refractivity contribution is -0.0617. The highest BCUT2D eigenvalue weighted by molar-refractivity contribution is 5.33. The van der Waals surface area contributed by atoms with Crippen molar-refractivity contribution in [2.24, 2.45) is 35.5 Å². The van der Waals surface area contributed by atoms with Crippen molar-refractivity contribution in [1.29, 1.82) is 0 Å². The van der Waals surface area contributed by atoms with Crippen LogP contribution in [0.15, 0.2) is 24.3 Å². The van der Waals surface area contributed by atoms with Crippen LogP contribution in [0.25, 0.3) is 0 Å². The predicted molar refractivity (Wildman–Crippen MR) is 160 cm³/mol. The highest BCUT2D eigenvalue weighted by Crippen LogP contribution is 2.48. The van der Waals surface area contributed by atoms with Gasteiger partial charge in [0.05, 0.1) is 12.7 Å². The maximum atomic E-state index is 14.8. The molecule has 0 amide bonds. The zero-order valence-corrected chi connectivity index (χ0v) is 25.2. The Balaban J connectivity index is 1.01. The van der Waals surface area contributed by atoms with E-state index in [4.69, 9.17) is 9.47 Å². The highest BCUT2D eigenvalue weighted by atomic mass is 19.2. The molecule has 40 heavy (non-hydrogen) atoms. The van der Waals surface area contributed by atoms with Gasteiger partial charge in [0.15, 0.2) is 11.6 Å². The van der Waals surface area contributed by atoms with Crippen molar-refractivity contribution in [1.82, 2.24) is 0 Å². The van der Waals surface area contributed by atoms with E-state index in [9.17, 15) is 8.78 Å². The van der Waals surface area contributed by atoms with Gasteiger partial charge in [-0.2, -0.15) is 4.39 Å². The van der Waals surface area contributed by atoms with Crippen LogP contribution in [-0.4, -0.2) is 19.3 Å². The molecule has 2 nitrogen and oxygen atoms in total. The van der Waals surface area contributed by atoms with E-state index in [2.05, 4.69) is 19.1 Å². The van der Waals surface area contributed by atoms with Gasteiger partial charge in [0.25, 0.3) is 0 Å². The largest absolute Gasteiger partial charge is 0.491 e. The topological polar surface area (TPSA) is 18.5 Å². The number of allylic oxidation sites excluding steroid dienone is 2. The molecule has 224 valence electrons. The second kappa shape index (κ2) is 14.7. The molecule has 1 heterocycles. The van der Waals surface area contributed by atoms with Gasteiger partial charge in [-0.3, -0.25) is 0 Å². The second-order valence-electron chi connectivity index (χ2n) is 13.6. The molecule has 1 saturated heterocycles. The van der Waals surface area contributed by atoms with Crippen LogP contribution in [0.3, 0.4) is 0 Å². The first kappa shape index (κ1) is 30.1. The molecule has 2 unspecified atom stereocenters. The molecular formula is C36H54F2O2. The average molecular weight is 557 g/mol. The van der Waals surface area contributed by atoms with Gasteiger partial charge in [-0.25, -0.2) is 4.39 Å². The first-order valence-corrected chi connectivity index (χ1v) is 16.9. The lowest BCUT2D eigenvalue weighted by Gasteiger charge is -2.43. The van der Waals surface area contributed by atoms with Crippen LogP contribution < -0.4 is 4.74 Å². The zero-order chi connectivity index (χ0) is 27.9. The van der Waals surface area contributed by atoms with Crippen molar-refractivity contribution in [2.75, 3.05) is 13.2 Å². The van der Waals surface area contributed by atoms with E-state index in [-0.39, 0.29) is 11.7 Å². The molecule has 5 rings (SSSR count). The minimum Gasteiger partial charge on any atom is -0.491 e. The normalized spacial score (nSPS) is 35.6. The molecule has 1 aliphatic heterocycles. The third-order valence-electron chi connectivity index (χ3n) is 11.5. The Labute approximate surface area is 242 Å². The van der Waals surface area contributed by atoms with Crippen molar-refractivity contribution >= 4 is 0 Å². The lowest BCUT2D eigenvalue weighted by Crippen LogP contribution is -2.35. The maximum Gasteiger partial charge on any atom is 0.200 e. The number of rotatable bonds is 9. The summed E-state index contributed by atoms with van der Waals surface area (Å²) in [6.07, 6.45) is 25.6. The van der Waals surface area contributed by atoms with Crippen LogP contribution in [0.4, 0.5) is 8.78 Å². The molecule has 0 radical (unpaired) electrons. The maximum absolute atomic E-state index is 14.8. The van der Waals surface area contributed by atoms with E-state index in [0.717, 1.165) is 67.8 Å². The van der Waals surface area contributed by atoms with Crippen LogP contribution >= 0.6 is 0 Å². The van der Waals surface area contributed by atoms with Crippen LogP contribution in [-0.2, 0) is 4.74 Å². The van der Waals surface area contributed by atoms with E-state index in [1.54, 1.807) is 19.1 Å². The number of benzene rings is 1. The fraction of sp³-hybridized carbons (Fsp3) is 0.778. The third-order valence-corrected chi connectivity index (χ3v) is 11.5. The summed E-state index contributed by atoms with van der Waals surface area (Å²) in [5.74, 6) is 3.72. The fourth-order valence-corrected chi connectivity index (χ4v) is 9.03. The number of hydrogen-bond acceptors (Lipinski definition) is 2. The van der Waals surface area contributed by atoms with Crippen molar-refractivity contribution in [3.05, 3.63) is 41.5 Å². The Morgan fingerprint density at radius 2 is 1.32 bits per heavy atom. The summed E-state index contributed by atoms with van der Waals surface area (Å²) in [5.41, 5.74) is 0.557. The number of halogens is 2. The first-order chi connectivity index (χ1) is 19.6. The smallest absolute Gasteiger partial charge is 0.200 e.